The Hall–Kier alpha value is -1.44. The lowest BCUT2D eigenvalue weighted by Gasteiger charge is -2.14. The van der Waals surface area contributed by atoms with E-state index in [0.717, 1.165) is 16.9 Å². The largest absolute Gasteiger partial charge is 0.384 e. The topological polar surface area (TPSA) is 49.3 Å². The highest BCUT2D eigenvalue weighted by Crippen LogP contribution is 2.13. The normalized spacial score (nSPS) is 11.3. The van der Waals surface area contributed by atoms with Crippen LogP contribution in [-0.2, 0) is 4.79 Å². The summed E-state index contributed by atoms with van der Waals surface area (Å²) in [6.07, 6.45) is 2.54. The Bertz CT molecular complexity index is 459. The molecule has 0 aliphatic rings. The molecule has 0 saturated carbocycles. The number of hydrogen-bond donors (Lipinski definition) is 2. The molecule has 0 aliphatic carbocycles. The van der Waals surface area contributed by atoms with Gasteiger partial charge >= 0.3 is 0 Å². The van der Waals surface area contributed by atoms with Gasteiger partial charge in [-0.05, 0) is 30.9 Å². The number of hydrogen-bond acceptors (Lipinski definition) is 3. The monoisotopic (exact) mass is 277 g/mol. The zero-order valence-electron chi connectivity index (χ0n) is 11.3. The Morgan fingerprint density at radius 1 is 1.42 bits per heavy atom. The molecular formula is C15H19NO2S. The predicted octanol–water partition coefficient (Wildman–Crippen LogP) is 1.96. The zero-order chi connectivity index (χ0) is 14.1. The van der Waals surface area contributed by atoms with Gasteiger partial charge in [0.05, 0.1) is 6.04 Å². The highest BCUT2D eigenvalue weighted by Gasteiger charge is 2.08. The summed E-state index contributed by atoms with van der Waals surface area (Å²) in [6.45, 7) is 1.83. The molecule has 1 amide bonds. The lowest BCUT2D eigenvalue weighted by Crippen LogP contribution is -2.26. The minimum atomic E-state index is -0.135. The van der Waals surface area contributed by atoms with Gasteiger partial charge < -0.3 is 10.4 Å². The Kier molecular flexibility index (Phi) is 7.09. The number of rotatable bonds is 5. The summed E-state index contributed by atoms with van der Waals surface area (Å²) >= 11 is 1.67. The van der Waals surface area contributed by atoms with Crippen molar-refractivity contribution in [1.82, 2.24) is 5.32 Å². The van der Waals surface area contributed by atoms with Crippen molar-refractivity contribution in [2.45, 2.75) is 19.4 Å². The van der Waals surface area contributed by atoms with Crippen molar-refractivity contribution in [2.24, 2.45) is 0 Å². The summed E-state index contributed by atoms with van der Waals surface area (Å²) in [5, 5.41) is 11.6. The van der Waals surface area contributed by atoms with Gasteiger partial charge in [-0.25, -0.2) is 0 Å². The number of aliphatic hydroxyl groups is 1. The molecule has 0 saturated heterocycles. The minimum absolute atomic E-state index is 0.00536. The van der Waals surface area contributed by atoms with E-state index in [9.17, 15) is 4.79 Å². The maximum atomic E-state index is 11.6. The van der Waals surface area contributed by atoms with E-state index in [-0.39, 0.29) is 18.6 Å². The Morgan fingerprint density at radius 2 is 2.11 bits per heavy atom. The highest BCUT2D eigenvalue weighted by atomic mass is 32.2. The molecule has 19 heavy (non-hydrogen) atoms. The molecule has 0 spiro atoms. The molecule has 0 bridgehead atoms. The van der Waals surface area contributed by atoms with Crippen molar-refractivity contribution in [3.05, 3.63) is 35.4 Å². The van der Waals surface area contributed by atoms with Gasteiger partial charge in [-0.3, -0.25) is 4.79 Å². The number of carbonyl (C=O) groups excluding carboxylic acids is 1. The third-order valence-corrected chi connectivity index (χ3v) is 3.25. The molecule has 102 valence electrons. The van der Waals surface area contributed by atoms with E-state index < -0.39 is 0 Å². The van der Waals surface area contributed by atoms with Crippen LogP contribution in [0, 0.1) is 11.8 Å². The molecule has 0 fully saturated rings. The van der Waals surface area contributed by atoms with E-state index in [0.29, 0.717) is 6.42 Å². The average molecular weight is 277 g/mol. The average Bonchev–Trinajstić information content (AvgIpc) is 2.43. The molecule has 1 unspecified atom stereocenters. The fraction of sp³-hybridized carbons (Fsp3) is 0.400. The van der Waals surface area contributed by atoms with Crippen LogP contribution < -0.4 is 5.32 Å². The van der Waals surface area contributed by atoms with Gasteiger partial charge in [0.15, 0.2) is 0 Å². The van der Waals surface area contributed by atoms with Gasteiger partial charge in [-0.2, -0.15) is 11.8 Å². The van der Waals surface area contributed by atoms with E-state index in [1.807, 2.05) is 37.4 Å². The van der Waals surface area contributed by atoms with Gasteiger partial charge in [0.1, 0.15) is 6.61 Å². The molecule has 1 rings (SSSR count). The molecule has 0 heterocycles. The van der Waals surface area contributed by atoms with Crippen LogP contribution >= 0.6 is 11.8 Å². The van der Waals surface area contributed by atoms with Crippen LogP contribution in [0.1, 0.15) is 30.5 Å². The number of nitrogens with one attached hydrogen (secondary N) is 1. The van der Waals surface area contributed by atoms with Crippen LogP contribution in [0.25, 0.3) is 0 Å². The molecule has 0 aromatic heterocycles. The number of aliphatic hydroxyl groups excluding tert-OH is 1. The summed E-state index contributed by atoms with van der Waals surface area (Å²) < 4.78 is 0. The molecule has 2 N–H and O–H groups in total. The van der Waals surface area contributed by atoms with Gasteiger partial charge in [0.25, 0.3) is 0 Å². The fourth-order valence-electron chi connectivity index (χ4n) is 1.59. The van der Waals surface area contributed by atoms with Gasteiger partial charge in [0.2, 0.25) is 5.91 Å². The van der Waals surface area contributed by atoms with Crippen molar-refractivity contribution in [2.75, 3.05) is 18.6 Å². The Balaban J connectivity index is 2.57. The molecule has 1 atom stereocenters. The quantitative estimate of drug-likeness (QED) is 0.809. The summed E-state index contributed by atoms with van der Waals surface area (Å²) in [6, 6.07) is 7.67. The van der Waals surface area contributed by atoms with E-state index >= 15 is 0 Å². The first-order chi connectivity index (χ1) is 9.17. The third kappa shape index (κ3) is 5.82. The van der Waals surface area contributed by atoms with Crippen LogP contribution in [0.2, 0.25) is 0 Å². The Morgan fingerprint density at radius 3 is 2.68 bits per heavy atom. The highest BCUT2D eigenvalue weighted by molar-refractivity contribution is 7.98. The van der Waals surface area contributed by atoms with Crippen LogP contribution in [0.4, 0.5) is 0 Å². The van der Waals surface area contributed by atoms with Gasteiger partial charge in [-0.1, -0.05) is 24.0 Å². The van der Waals surface area contributed by atoms with Crippen molar-refractivity contribution >= 4 is 17.7 Å². The molecular weight excluding hydrogens is 258 g/mol. The maximum Gasteiger partial charge on any atom is 0.221 e. The van der Waals surface area contributed by atoms with E-state index in [2.05, 4.69) is 17.2 Å². The molecule has 4 heteroatoms. The van der Waals surface area contributed by atoms with Crippen molar-refractivity contribution in [3.8, 4) is 11.8 Å². The number of amides is 1. The molecule has 3 nitrogen and oxygen atoms in total. The van der Waals surface area contributed by atoms with Crippen molar-refractivity contribution in [3.63, 3.8) is 0 Å². The van der Waals surface area contributed by atoms with Crippen LogP contribution in [0.5, 0.6) is 0 Å². The Labute approximate surface area is 118 Å². The zero-order valence-corrected chi connectivity index (χ0v) is 12.1. The standard InChI is InChI=1S/C15H19NO2S/c1-12(16-15(18)9-11-19-2)14-7-5-13(6-8-14)4-3-10-17/h5-8,12,17H,9-11H2,1-2H3,(H,16,18). The minimum Gasteiger partial charge on any atom is -0.384 e. The molecule has 0 radical (unpaired) electrons. The first kappa shape index (κ1) is 15.6. The lowest BCUT2D eigenvalue weighted by molar-refractivity contribution is -0.121. The van der Waals surface area contributed by atoms with Crippen LogP contribution in [-0.4, -0.2) is 29.6 Å². The summed E-state index contributed by atoms with van der Waals surface area (Å²) in [5.41, 5.74) is 1.91. The second kappa shape index (κ2) is 8.63. The summed E-state index contributed by atoms with van der Waals surface area (Å²) in [4.78, 5) is 11.6. The van der Waals surface area contributed by atoms with Crippen LogP contribution in [0.3, 0.4) is 0 Å². The fourth-order valence-corrected chi connectivity index (χ4v) is 1.98. The molecule has 0 aliphatic heterocycles. The second-order valence-electron chi connectivity index (χ2n) is 4.11. The first-order valence-electron chi connectivity index (χ1n) is 6.15. The third-order valence-electron chi connectivity index (χ3n) is 2.63. The summed E-state index contributed by atoms with van der Waals surface area (Å²) in [5.74, 6) is 6.36. The lowest BCUT2D eigenvalue weighted by atomic mass is 10.1. The second-order valence-corrected chi connectivity index (χ2v) is 5.10. The number of thioether (sulfide) groups is 1. The maximum absolute atomic E-state index is 11.6. The van der Waals surface area contributed by atoms with E-state index in [1.165, 1.54) is 0 Å². The van der Waals surface area contributed by atoms with Crippen molar-refractivity contribution < 1.29 is 9.90 Å². The van der Waals surface area contributed by atoms with E-state index in [1.54, 1.807) is 11.8 Å². The van der Waals surface area contributed by atoms with Gasteiger partial charge in [0, 0.05) is 17.7 Å². The summed E-state index contributed by atoms with van der Waals surface area (Å²) in [7, 11) is 0. The molecule has 1 aromatic rings. The number of carbonyl (C=O) groups is 1. The SMILES string of the molecule is CSCCC(=O)NC(C)c1ccc(C#CCO)cc1. The van der Waals surface area contributed by atoms with Crippen molar-refractivity contribution in [1.29, 1.82) is 0 Å². The molecule has 1 aromatic carbocycles. The smallest absolute Gasteiger partial charge is 0.221 e. The van der Waals surface area contributed by atoms with E-state index in [4.69, 9.17) is 5.11 Å². The number of benzene rings is 1. The van der Waals surface area contributed by atoms with Gasteiger partial charge in [-0.15, -0.1) is 0 Å². The van der Waals surface area contributed by atoms with Crippen LogP contribution in [0.15, 0.2) is 24.3 Å². The first-order valence-corrected chi connectivity index (χ1v) is 7.54. The predicted molar refractivity (Wildman–Crippen MR) is 80.0 cm³/mol.